The van der Waals surface area contributed by atoms with Crippen molar-refractivity contribution in [3.05, 3.63) is 270 Å². The lowest BCUT2D eigenvalue weighted by atomic mass is 9.34. The van der Waals surface area contributed by atoms with E-state index in [-0.39, 0.29) is 6.71 Å². The lowest BCUT2D eigenvalue weighted by Crippen LogP contribution is -2.55. The third-order valence-corrected chi connectivity index (χ3v) is 18.4. The Morgan fingerprint density at radius 2 is 0.679 bits per heavy atom. The summed E-state index contributed by atoms with van der Waals surface area (Å²) in [4.78, 5) is 0. The maximum absolute atomic E-state index is 6.78. The molecular weight excluding hydrogens is 1020 g/mol. The van der Waals surface area contributed by atoms with E-state index < -0.39 is 0 Å². The maximum atomic E-state index is 6.78. The second-order valence-corrected chi connectivity index (χ2v) is 23.6. The second kappa shape index (κ2) is 18.1. The SMILES string of the molecule is Cc1cc(C)c(B(c2ccc3c(c2)c2ccc4c(c5ccccc5n4-c4ccc5oc6ccc(-n7c8ccccc8c8ccc9c%10ccccc%10n(-c%10ccccc%10)c9c87)cc6c5c4)c2n3-c2ccccc2)c2c(C)cc(C)cc2C)c(C)c1. The summed E-state index contributed by atoms with van der Waals surface area (Å²) in [5.74, 6) is 0. The summed E-state index contributed by atoms with van der Waals surface area (Å²) in [6.07, 6.45) is 0. The van der Waals surface area contributed by atoms with E-state index in [4.69, 9.17) is 4.42 Å². The molecule has 0 atom stereocenters. The molecule has 84 heavy (non-hydrogen) atoms. The van der Waals surface area contributed by atoms with Gasteiger partial charge in [0, 0.05) is 76.6 Å². The molecule has 6 heteroatoms. The van der Waals surface area contributed by atoms with Crippen LogP contribution in [0.1, 0.15) is 33.4 Å². The van der Waals surface area contributed by atoms with Crippen LogP contribution in [0.15, 0.2) is 241 Å². The van der Waals surface area contributed by atoms with Gasteiger partial charge in [-0.2, -0.15) is 0 Å². The minimum atomic E-state index is 0.0481. The zero-order chi connectivity index (χ0) is 56.2. The van der Waals surface area contributed by atoms with Crippen LogP contribution in [0.5, 0.6) is 0 Å². The van der Waals surface area contributed by atoms with Crippen molar-refractivity contribution < 1.29 is 4.42 Å². The van der Waals surface area contributed by atoms with Gasteiger partial charge in [0.05, 0.1) is 44.1 Å². The number of fused-ring (bicyclic) bond motifs is 17. The number of rotatable bonds is 7. The van der Waals surface area contributed by atoms with Gasteiger partial charge < -0.3 is 22.7 Å². The molecule has 0 unspecified atom stereocenters. The van der Waals surface area contributed by atoms with Crippen LogP contribution in [-0.4, -0.2) is 25.0 Å². The highest BCUT2D eigenvalue weighted by Gasteiger charge is 2.31. The van der Waals surface area contributed by atoms with Gasteiger partial charge in [0.2, 0.25) is 6.71 Å². The molecule has 0 saturated carbocycles. The number of para-hydroxylation sites is 5. The molecule has 12 aromatic carbocycles. The fraction of sp³-hybridized carbons (Fsp3) is 0.0769. The molecule has 0 aliphatic carbocycles. The largest absolute Gasteiger partial charge is 0.456 e. The van der Waals surface area contributed by atoms with Crippen LogP contribution in [0.25, 0.3) is 132 Å². The Balaban J connectivity index is 0.895. The predicted octanol–water partition coefficient (Wildman–Crippen LogP) is 18.3. The Labute approximate surface area is 486 Å². The van der Waals surface area contributed by atoms with Crippen LogP contribution in [0.3, 0.4) is 0 Å². The van der Waals surface area contributed by atoms with Gasteiger partial charge in [0.15, 0.2) is 0 Å². The number of hydrogen-bond donors (Lipinski definition) is 0. The van der Waals surface area contributed by atoms with Gasteiger partial charge in [0.1, 0.15) is 11.2 Å². The van der Waals surface area contributed by atoms with E-state index in [1.807, 2.05) is 0 Å². The van der Waals surface area contributed by atoms with E-state index in [0.29, 0.717) is 0 Å². The van der Waals surface area contributed by atoms with Crippen molar-refractivity contribution in [1.29, 1.82) is 0 Å². The van der Waals surface area contributed by atoms with Crippen LogP contribution < -0.4 is 16.4 Å². The maximum Gasteiger partial charge on any atom is 0.242 e. The van der Waals surface area contributed by atoms with Crippen LogP contribution >= 0.6 is 0 Å². The average molecular weight is 1080 g/mol. The molecule has 17 aromatic rings. The summed E-state index contributed by atoms with van der Waals surface area (Å²) >= 11 is 0. The number of hydrogen-bond acceptors (Lipinski definition) is 1. The summed E-state index contributed by atoms with van der Waals surface area (Å²) in [7, 11) is 0. The van der Waals surface area contributed by atoms with Crippen molar-refractivity contribution in [2.75, 3.05) is 0 Å². The molecule has 0 amide bonds. The summed E-state index contributed by atoms with van der Waals surface area (Å²) in [6, 6.07) is 88.0. The summed E-state index contributed by atoms with van der Waals surface area (Å²) in [5, 5.41) is 11.9. The van der Waals surface area contributed by atoms with Gasteiger partial charge in [-0.05, 0) is 133 Å². The van der Waals surface area contributed by atoms with Crippen molar-refractivity contribution in [3.8, 4) is 22.7 Å². The molecule has 0 saturated heterocycles. The number of furan rings is 1. The number of nitrogens with zero attached hydrogens (tertiary/aromatic N) is 4. The smallest absolute Gasteiger partial charge is 0.242 e. The van der Waals surface area contributed by atoms with E-state index in [2.05, 4.69) is 296 Å². The van der Waals surface area contributed by atoms with Gasteiger partial charge in [-0.15, -0.1) is 0 Å². The highest BCUT2D eigenvalue weighted by molar-refractivity contribution is 6.96. The van der Waals surface area contributed by atoms with E-state index in [1.165, 1.54) is 120 Å². The molecule has 0 fully saturated rings. The molecule has 398 valence electrons. The average Bonchev–Trinajstić information content (AvgIpc) is 1.62. The molecule has 0 bridgehead atoms. The van der Waals surface area contributed by atoms with Gasteiger partial charge in [-0.3, -0.25) is 0 Å². The Kier molecular flexibility index (Phi) is 10.4. The summed E-state index contributed by atoms with van der Waals surface area (Å²) < 4.78 is 16.7. The third kappa shape index (κ3) is 6.91. The molecular formula is C78H57BN4O. The van der Waals surface area contributed by atoms with E-state index >= 15 is 0 Å². The molecule has 5 aromatic heterocycles. The topological polar surface area (TPSA) is 32.9 Å². The Bertz CT molecular complexity index is 5530. The Morgan fingerprint density at radius 3 is 1.21 bits per heavy atom. The first-order valence-electron chi connectivity index (χ1n) is 29.4. The first-order chi connectivity index (χ1) is 41.2. The van der Waals surface area contributed by atoms with Crippen LogP contribution in [0.4, 0.5) is 0 Å². The van der Waals surface area contributed by atoms with Crippen molar-refractivity contribution in [2.45, 2.75) is 41.5 Å². The lowest BCUT2D eigenvalue weighted by Gasteiger charge is -2.24. The van der Waals surface area contributed by atoms with Crippen LogP contribution in [0.2, 0.25) is 0 Å². The van der Waals surface area contributed by atoms with Crippen molar-refractivity contribution in [3.63, 3.8) is 0 Å². The molecule has 0 aliphatic rings. The molecule has 0 N–H and O–H groups in total. The van der Waals surface area contributed by atoms with E-state index in [9.17, 15) is 0 Å². The van der Waals surface area contributed by atoms with Crippen molar-refractivity contribution in [2.24, 2.45) is 0 Å². The summed E-state index contributed by atoms with van der Waals surface area (Å²) in [6.45, 7) is 13.7. The van der Waals surface area contributed by atoms with Gasteiger partial charge in [0.25, 0.3) is 0 Å². The minimum absolute atomic E-state index is 0.0481. The normalized spacial score (nSPS) is 12.2. The first kappa shape index (κ1) is 48.4. The molecule has 5 nitrogen and oxygen atoms in total. The van der Waals surface area contributed by atoms with E-state index in [0.717, 1.165) is 61.2 Å². The monoisotopic (exact) mass is 1080 g/mol. The predicted molar refractivity (Wildman–Crippen MR) is 357 cm³/mol. The van der Waals surface area contributed by atoms with Gasteiger partial charge >= 0.3 is 0 Å². The second-order valence-electron chi connectivity index (χ2n) is 23.6. The third-order valence-electron chi connectivity index (χ3n) is 18.4. The number of aromatic nitrogens is 4. The molecule has 0 aliphatic heterocycles. The highest BCUT2D eigenvalue weighted by atomic mass is 16.3. The zero-order valence-corrected chi connectivity index (χ0v) is 47.8. The molecule has 0 radical (unpaired) electrons. The minimum Gasteiger partial charge on any atom is -0.456 e. The van der Waals surface area contributed by atoms with Crippen LogP contribution in [0, 0.1) is 41.5 Å². The number of aryl methyl sites for hydroxylation is 6. The Hall–Kier alpha value is -10.3. The fourth-order valence-electron chi connectivity index (χ4n) is 15.3. The standard InChI is InChI=1S/C78H57BN4O/c1-46-39-48(3)74(49(4)40-46)79(75-50(5)41-47(2)42-51(75)6)52-29-35-69-63(43-52)61-34-36-70-73(76(61)81(69)53-19-9-7-10-20-53)62-25-15-18-28-68(62)80(70)55-30-37-71-64(44-55)65-45-56(31-38-72(65)84-71)83-67-27-17-14-24-58(67)60-33-32-59-57-23-13-16-26-66(57)82(77(59)78(60)83)54-21-11-8-12-22-54/h7-45H,1-6H3. The van der Waals surface area contributed by atoms with Gasteiger partial charge in [-0.1, -0.05) is 195 Å². The van der Waals surface area contributed by atoms with Gasteiger partial charge in [-0.25, -0.2) is 0 Å². The van der Waals surface area contributed by atoms with Crippen LogP contribution in [-0.2, 0) is 0 Å². The quantitative estimate of drug-likeness (QED) is 0.146. The lowest BCUT2D eigenvalue weighted by molar-refractivity contribution is 0.669. The Morgan fingerprint density at radius 1 is 0.274 bits per heavy atom. The molecule has 5 heterocycles. The summed E-state index contributed by atoms with van der Waals surface area (Å²) in [5.41, 5.74) is 27.5. The fourth-order valence-corrected chi connectivity index (χ4v) is 15.3. The molecule has 0 spiro atoms. The van der Waals surface area contributed by atoms with Crippen molar-refractivity contribution >= 4 is 132 Å². The van der Waals surface area contributed by atoms with E-state index in [1.54, 1.807) is 0 Å². The highest BCUT2D eigenvalue weighted by Crippen LogP contribution is 2.45. The number of benzene rings is 12. The van der Waals surface area contributed by atoms with Crippen molar-refractivity contribution in [1.82, 2.24) is 18.3 Å². The molecule has 17 rings (SSSR count). The first-order valence-corrected chi connectivity index (χ1v) is 29.4. The zero-order valence-electron chi connectivity index (χ0n) is 47.8.